The van der Waals surface area contributed by atoms with Crippen LogP contribution in [0.2, 0.25) is 0 Å². The van der Waals surface area contributed by atoms with Crippen molar-refractivity contribution < 1.29 is 0 Å². The maximum Gasteiger partial charge on any atom is 0.0217 e. The Balaban J connectivity index is 3.81. The van der Waals surface area contributed by atoms with E-state index in [-0.39, 0.29) is 0 Å². The monoisotopic (exact) mass is 228 g/mol. The summed E-state index contributed by atoms with van der Waals surface area (Å²) in [5, 5.41) is 0.920. The van der Waals surface area contributed by atoms with E-state index in [4.69, 9.17) is 0 Å². The molecule has 0 aromatic carbocycles. The predicted octanol–water partition coefficient (Wildman–Crippen LogP) is 4.24. The molecule has 0 aromatic rings. The Kier molecular flexibility index (Phi) is 7.17. The second kappa shape index (κ2) is 7.35. The summed E-state index contributed by atoms with van der Waals surface area (Å²) in [4.78, 5) is 0. The summed E-state index contributed by atoms with van der Waals surface area (Å²) < 4.78 is 0. The van der Waals surface area contributed by atoms with Gasteiger partial charge >= 0.3 is 0 Å². The van der Waals surface area contributed by atoms with Crippen LogP contribution in [0.4, 0.5) is 0 Å². The summed E-state index contributed by atoms with van der Waals surface area (Å²) in [6.07, 6.45) is 8.56. The molecule has 0 aliphatic rings. The van der Waals surface area contributed by atoms with Crippen molar-refractivity contribution in [3.8, 4) is 0 Å². The van der Waals surface area contributed by atoms with Crippen LogP contribution in [0.3, 0.4) is 0 Å². The molecule has 0 aromatic heterocycles. The minimum absolute atomic E-state index is 0.920. The predicted molar refractivity (Wildman–Crippen MR) is 60.7 cm³/mol. The largest absolute Gasteiger partial charge is 0.0988 e. The second-order valence-corrected chi connectivity index (χ2v) is 3.61. The first-order valence-electron chi connectivity index (χ1n) is 4.21. The van der Waals surface area contributed by atoms with Crippen LogP contribution in [0.15, 0.2) is 36.0 Å². The van der Waals surface area contributed by atoms with Gasteiger partial charge in [-0.05, 0) is 26.7 Å². The third kappa shape index (κ3) is 6.41. The van der Waals surface area contributed by atoms with Crippen LogP contribution in [-0.2, 0) is 0 Å². The molecule has 0 spiro atoms. The number of halogens is 1. The van der Waals surface area contributed by atoms with Gasteiger partial charge in [0.05, 0.1) is 0 Å². The zero-order chi connectivity index (χ0) is 9.40. The highest BCUT2D eigenvalue weighted by atomic mass is 79.9. The lowest BCUT2D eigenvalue weighted by atomic mass is 10.1. The van der Waals surface area contributed by atoms with Gasteiger partial charge < -0.3 is 0 Å². The molecule has 0 fully saturated rings. The molecule has 68 valence electrons. The van der Waals surface area contributed by atoms with Gasteiger partial charge in [0, 0.05) is 5.33 Å². The highest BCUT2D eigenvalue weighted by molar-refractivity contribution is 9.09. The summed E-state index contributed by atoms with van der Waals surface area (Å²) >= 11 is 3.37. The fourth-order valence-electron chi connectivity index (χ4n) is 0.914. The minimum Gasteiger partial charge on any atom is -0.0988 e. The second-order valence-electron chi connectivity index (χ2n) is 2.96. The Morgan fingerprint density at radius 1 is 1.33 bits per heavy atom. The van der Waals surface area contributed by atoms with E-state index in [9.17, 15) is 0 Å². The van der Waals surface area contributed by atoms with Crippen molar-refractivity contribution in [1.29, 1.82) is 0 Å². The Morgan fingerprint density at radius 3 is 2.42 bits per heavy atom. The molecule has 0 saturated carbocycles. The van der Waals surface area contributed by atoms with Crippen LogP contribution >= 0.6 is 15.9 Å². The summed E-state index contributed by atoms with van der Waals surface area (Å²) in [5.41, 5.74) is 2.71. The number of hydrogen-bond acceptors (Lipinski definition) is 0. The van der Waals surface area contributed by atoms with Gasteiger partial charge in [-0.3, -0.25) is 0 Å². The van der Waals surface area contributed by atoms with Crippen LogP contribution < -0.4 is 0 Å². The molecule has 0 radical (unpaired) electrons. The molecule has 0 rings (SSSR count). The van der Waals surface area contributed by atoms with Gasteiger partial charge in [0.25, 0.3) is 0 Å². The minimum atomic E-state index is 0.920. The van der Waals surface area contributed by atoms with E-state index in [1.54, 1.807) is 0 Å². The zero-order valence-electron chi connectivity index (χ0n) is 7.94. The third-order valence-corrected chi connectivity index (χ3v) is 1.91. The summed E-state index contributed by atoms with van der Waals surface area (Å²) in [6, 6.07) is 0. The van der Waals surface area contributed by atoms with Gasteiger partial charge in [0.15, 0.2) is 0 Å². The lowest BCUT2D eigenvalue weighted by Gasteiger charge is -1.97. The number of rotatable bonds is 5. The summed E-state index contributed by atoms with van der Waals surface area (Å²) in [6.45, 7) is 8.02. The van der Waals surface area contributed by atoms with Crippen molar-refractivity contribution in [3.63, 3.8) is 0 Å². The number of allylic oxidation sites excluding steroid dienone is 5. The normalized spacial score (nSPS) is 11.1. The van der Waals surface area contributed by atoms with Crippen molar-refractivity contribution in [2.24, 2.45) is 0 Å². The molecular formula is C11H17Br. The average Bonchev–Trinajstić information content (AvgIpc) is 2.02. The van der Waals surface area contributed by atoms with Crippen LogP contribution in [0.5, 0.6) is 0 Å². The molecular weight excluding hydrogens is 212 g/mol. The molecule has 0 unspecified atom stereocenters. The maximum atomic E-state index is 3.77. The zero-order valence-corrected chi connectivity index (χ0v) is 9.52. The first-order valence-corrected chi connectivity index (χ1v) is 5.33. The first-order chi connectivity index (χ1) is 5.70. The Labute approximate surface area is 84.2 Å². The molecule has 0 atom stereocenters. The van der Waals surface area contributed by atoms with E-state index in [1.165, 1.54) is 11.1 Å². The van der Waals surface area contributed by atoms with E-state index in [0.29, 0.717) is 0 Å². The topological polar surface area (TPSA) is 0 Å². The molecule has 0 aliphatic heterocycles. The molecule has 1 heteroatoms. The maximum absolute atomic E-state index is 3.77. The van der Waals surface area contributed by atoms with E-state index in [2.05, 4.69) is 48.5 Å². The van der Waals surface area contributed by atoms with E-state index in [1.807, 2.05) is 6.08 Å². The molecule has 0 bridgehead atoms. The Morgan fingerprint density at radius 2 is 2.00 bits per heavy atom. The van der Waals surface area contributed by atoms with E-state index >= 15 is 0 Å². The van der Waals surface area contributed by atoms with Crippen LogP contribution in [0, 0.1) is 0 Å². The standard InChI is InChI=1S/C11H17Br/c1-4-11(8-9-12)7-5-6-10(2)3/h4,6,8H,1,5,7,9H2,2-3H3/b11-8+. The van der Waals surface area contributed by atoms with Crippen molar-refractivity contribution in [1.82, 2.24) is 0 Å². The lowest BCUT2D eigenvalue weighted by molar-refractivity contribution is 0.992. The first kappa shape index (κ1) is 11.7. The van der Waals surface area contributed by atoms with Gasteiger partial charge in [-0.25, -0.2) is 0 Å². The van der Waals surface area contributed by atoms with Gasteiger partial charge in [0.1, 0.15) is 0 Å². The molecule has 0 amide bonds. The molecule has 0 aliphatic carbocycles. The fraction of sp³-hybridized carbons (Fsp3) is 0.455. The van der Waals surface area contributed by atoms with Crippen molar-refractivity contribution >= 4 is 15.9 Å². The highest BCUT2D eigenvalue weighted by Gasteiger charge is 1.89. The van der Waals surface area contributed by atoms with Crippen LogP contribution in [-0.4, -0.2) is 5.33 Å². The van der Waals surface area contributed by atoms with Gasteiger partial charge in [-0.1, -0.05) is 51.9 Å². The quantitative estimate of drug-likeness (QED) is 0.375. The van der Waals surface area contributed by atoms with Crippen LogP contribution in [0.25, 0.3) is 0 Å². The lowest BCUT2D eigenvalue weighted by Crippen LogP contribution is -1.79. The number of alkyl halides is 1. The summed E-state index contributed by atoms with van der Waals surface area (Å²) in [5.74, 6) is 0. The Bertz CT molecular complexity index is 183. The van der Waals surface area contributed by atoms with E-state index < -0.39 is 0 Å². The Hall–Kier alpha value is -0.300. The smallest absolute Gasteiger partial charge is 0.0217 e. The molecule has 0 N–H and O–H groups in total. The molecule has 0 saturated heterocycles. The summed E-state index contributed by atoms with van der Waals surface area (Å²) in [7, 11) is 0. The fourth-order valence-corrected chi connectivity index (χ4v) is 1.33. The van der Waals surface area contributed by atoms with E-state index in [0.717, 1.165) is 18.2 Å². The number of hydrogen-bond donors (Lipinski definition) is 0. The van der Waals surface area contributed by atoms with Gasteiger partial charge in [-0.15, -0.1) is 0 Å². The molecule has 0 heterocycles. The van der Waals surface area contributed by atoms with Crippen molar-refractivity contribution in [3.05, 3.63) is 36.0 Å². The van der Waals surface area contributed by atoms with Crippen molar-refractivity contribution in [2.45, 2.75) is 26.7 Å². The average molecular weight is 229 g/mol. The molecule has 12 heavy (non-hydrogen) atoms. The third-order valence-electron chi connectivity index (χ3n) is 1.59. The van der Waals surface area contributed by atoms with Gasteiger partial charge in [0.2, 0.25) is 0 Å². The molecule has 0 nitrogen and oxygen atoms in total. The van der Waals surface area contributed by atoms with Crippen molar-refractivity contribution in [2.75, 3.05) is 5.33 Å². The highest BCUT2D eigenvalue weighted by Crippen LogP contribution is 2.08. The van der Waals surface area contributed by atoms with Gasteiger partial charge in [-0.2, -0.15) is 0 Å². The SMILES string of the molecule is C=C/C(=C\CBr)CCC=C(C)C. The van der Waals surface area contributed by atoms with Crippen LogP contribution in [0.1, 0.15) is 26.7 Å².